The van der Waals surface area contributed by atoms with Crippen molar-refractivity contribution < 1.29 is 14.3 Å². The standard InChI is InChI=1S/C23H28Cl2N2O3S/c1-15(2)26-23(29)16(3)27(12-17-6-5-7-19(10-17)30-4)22(28)14-31-13-18-8-9-20(24)21(25)11-18/h5-11,15-16H,12-14H2,1-4H3,(H,26,29)/t16-/m0/s1. The predicted molar refractivity (Wildman–Crippen MR) is 129 cm³/mol. The summed E-state index contributed by atoms with van der Waals surface area (Å²) in [6.07, 6.45) is 0. The van der Waals surface area contributed by atoms with Crippen molar-refractivity contribution in [1.29, 1.82) is 0 Å². The van der Waals surface area contributed by atoms with Gasteiger partial charge in [0, 0.05) is 18.3 Å². The Kier molecular flexibility index (Phi) is 10.0. The van der Waals surface area contributed by atoms with Gasteiger partial charge in [0.05, 0.1) is 22.9 Å². The summed E-state index contributed by atoms with van der Waals surface area (Å²) in [4.78, 5) is 27.3. The van der Waals surface area contributed by atoms with Crippen LogP contribution in [0.4, 0.5) is 0 Å². The summed E-state index contributed by atoms with van der Waals surface area (Å²) >= 11 is 13.5. The van der Waals surface area contributed by atoms with E-state index in [1.165, 1.54) is 11.8 Å². The first-order chi connectivity index (χ1) is 14.7. The molecular weight excluding hydrogens is 455 g/mol. The highest BCUT2D eigenvalue weighted by Gasteiger charge is 2.26. The zero-order chi connectivity index (χ0) is 23.0. The number of benzene rings is 2. The molecule has 168 valence electrons. The van der Waals surface area contributed by atoms with Crippen molar-refractivity contribution in [2.75, 3.05) is 12.9 Å². The lowest BCUT2D eigenvalue weighted by atomic mass is 10.1. The molecule has 0 heterocycles. The highest BCUT2D eigenvalue weighted by atomic mass is 35.5. The van der Waals surface area contributed by atoms with E-state index in [1.807, 2.05) is 44.2 Å². The van der Waals surface area contributed by atoms with Crippen LogP contribution in [0.1, 0.15) is 31.9 Å². The van der Waals surface area contributed by atoms with E-state index in [4.69, 9.17) is 27.9 Å². The van der Waals surface area contributed by atoms with Gasteiger partial charge in [0.25, 0.3) is 0 Å². The van der Waals surface area contributed by atoms with E-state index in [0.29, 0.717) is 28.1 Å². The SMILES string of the molecule is COc1cccc(CN(C(=O)CSCc2ccc(Cl)c(Cl)c2)[C@@H](C)C(=O)NC(C)C)c1. The molecule has 0 spiro atoms. The normalized spacial score (nSPS) is 11.8. The van der Waals surface area contributed by atoms with Gasteiger partial charge in [-0.2, -0.15) is 0 Å². The van der Waals surface area contributed by atoms with E-state index in [2.05, 4.69) is 5.32 Å². The lowest BCUT2D eigenvalue weighted by Crippen LogP contribution is -2.49. The van der Waals surface area contributed by atoms with E-state index >= 15 is 0 Å². The van der Waals surface area contributed by atoms with Gasteiger partial charge in [-0.25, -0.2) is 0 Å². The minimum absolute atomic E-state index is 0.00671. The third-order valence-electron chi connectivity index (χ3n) is 4.56. The molecule has 0 fully saturated rings. The zero-order valence-electron chi connectivity index (χ0n) is 18.2. The number of carbonyl (C=O) groups is 2. The molecule has 2 amide bonds. The minimum Gasteiger partial charge on any atom is -0.497 e. The molecule has 0 aliphatic rings. The summed E-state index contributed by atoms with van der Waals surface area (Å²) in [5, 5.41) is 3.88. The van der Waals surface area contributed by atoms with Gasteiger partial charge in [-0.3, -0.25) is 9.59 Å². The molecule has 2 rings (SSSR count). The predicted octanol–water partition coefficient (Wildman–Crippen LogP) is 5.18. The molecule has 5 nitrogen and oxygen atoms in total. The maximum absolute atomic E-state index is 13.1. The number of amides is 2. The summed E-state index contributed by atoms with van der Waals surface area (Å²) in [7, 11) is 1.60. The van der Waals surface area contributed by atoms with Crippen LogP contribution in [-0.4, -0.2) is 41.7 Å². The first-order valence-electron chi connectivity index (χ1n) is 9.95. The van der Waals surface area contributed by atoms with Crippen molar-refractivity contribution in [3.63, 3.8) is 0 Å². The minimum atomic E-state index is -0.605. The third-order valence-corrected chi connectivity index (χ3v) is 6.29. The van der Waals surface area contributed by atoms with Gasteiger partial charge < -0.3 is 15.0 Å². The summed E-state index contributed by atoms with van der Waals surface area (Å²) in [6.45, 7) is 5.85. The van der Waals surface area contributed by atoms with E-state index in [1.54, 1.807) is 31.1 Å². The zero-order valence-corrected chi connectivity index (χ0v) is 20.5. The van der Waals surface area contributed by atoms with Crippen molar-refractivity contribution in [3.8, 4) is 5.75 Å². The van der Waals surface area contributed by atoms with Gasteiger partial charge in [0.1, 0.15) is 11.8 Å². The maximum Gasteiger partial charge on any atom is 0.242 e. The van der Waals surface area contributed by atoms with Crippen LogP contribution in [0.3, 0.4) is 0 Å². The van der Waals surface area contributed by atoms with Gasteiger partial charge in [-0.1, -0.05) is 41.4 Å². The number of hydrogen-bond donors (Lipinski definition) is 1. The van der Waals surface area contributed by atoms with E-state index in [9.17, 15) is 9.59 Å². The Morgan fingerprint density at radius 1 is 1.06 bits per heavy atom. The molecule has 0 unspecified atom stereocenters. The molecular formula is C23H28Cl2N2O3S. The van der Waals surface area contributed by atoms with Crippen molar-refractivity contribution >= 4 is 46.8 Å². The molecule has 0 radical (unpaired) electrons. The quantitative estimate of drug-likeness (QED) is 0.506. The van der Waals surface area contributed by atoms with Gasteiger partial charge in [-0.15, -0.1) is 11.8 Å². The summed E-state index contributed by atoms with van der Waals surface area (Å²) in [5.41, 5.74) is 1.88. The molecule has 2 aromatic rings. The van der Waals surface area contributed by atoms with Crippen LogP contribution >= 0.6 is 35.0 Å². The molecule has 0 saturated carbocycles. The van der Waals surface area contributed by atoms with Crippen LogP contribution in [0.15, 0.2) is 42.5 Å². The van der Waals surface area contributed by atoms with Gasteiger partial charge in [0.15, 0.2) is 0 Å². The number of rotatable bonds is 10. The molecule has 0 saturated heterocycles. The highest BCUT2D eigenvalue weighted by molar-refractivity contribution is 7.99. The van der Waals surface area contributed by atoms with Crippen LogP contribution in [0.5, 0.6) is 5.75 Å². The Hall–Kier alpha value is -1.89. The topological polar surface area (TPSA) is 58.6 Å². The average molecular weight is 483 g/mol. The number of halogens is 2. The Balaban J connectivity index is 2.10. The smallest absolute Gasteiger partial charge is 0.242 e. The molecule has 1 atom stereocenters. The van der Waals surface area contributed by atoms with Crippen LogP contribution in [0, 0.1) is 0 Å². The Labute approximate surface area is 198 Å². The average Bonchev–Trinajstić information content (AvgIpc) is 2.73. The summed E-state index contributed by atoms with van der Waals surface area (Å²) < 4.78 is 5.28. The summed E-state index contributed by atoms with van der Waals surface area (Å²) in [5.74, 6) is 1.27. The van der Waals surface area contributed by atoms with Gasteiger partial charge in [-0.05, 0) is 56.2 Å². The highest BCUT2D eigenvalue weighted by Crippen LogP contribution is 2.25. The van der Waals surface area contributed by atoms with Crippen molar-refractivity contribution in [1.82, 2.24) is 10.2 Å². The second-order valence-corrected chi connectivity index (χ2v) is 9.25. The number of carbonyl (C=O) groups excluding carboxylic acids is 2. The number of nitrogens with one attached hydrogen (secondary N) is 1. The molecule has 8 heteroatoms. The molecule has 0 aliphatic heterocycles. The largest absolute Gasteiger partial charge is 0.497 e. The van der Waals surface area contributed by atoms with E-state index in [0.717, 1.165) is 11.1 Å². The molecule has 0 bridgehead atoms. The molecule has 1 N–H and O–H groups in total. The van der Waals surface area contributed by atoms with E-state index in [-0.39, 0.29) is 23.6 Å². The second-order valence-electron chi connectivity index (χ2n) is 7.45. The number of ether oxygens (including phenoxy) is 1. The number of thioether (sulfide) groups is 1. The molecule has 0 aliphatic carbocycles. The Morgan fingerprint density at radius 2 is 1.81 bits per heavy atom. The number of hydrogen-bond acceptors (Lipinski definition) is 4. The fraction of sp³-hybridized carbons (Fsp3) is 0.391. The lowest BCUT2D eigenvalue weighted by Gasteiger charge is -2.29. The fourth-order valence-corrected chi connectivity index (χ4v) is 4.10. The monoisotopic (exact) mass is 482 g/mol. The van der Waals surface area contributed by atoms with Crippen LogP contribution < -0.4 is 10.1 Å². The number of nitrogens with zero attached hydrogens (tertiary/aromatic N) is 1. The third kappa shape index (κ3) is 7.95. The summed E-state index contributed by atoms with van der Waals surface area (Å²) in [6, 6.07) is 12.3. The first-order valence-corrected chi connectivity index (χ1v) is 11.9. The molecule has 31 heavy (non-hydrogen) atoms. The first kappa shape index (κ1) is 25.4. The number of methoxy groups -OCH3 is 1. The molecule has 2 aromatic carbocycles. The maximum atomic E-state index is 13.1. The van der Waals surface area contributed by atoms with Crippen LogP contribution in [-0.2, 0) is 21.9 Å². The van der Waals surface area contributed by atoms with Crippen molar-refractivity contribution in [3.05, 3.63) is 63.6 Å². The van der Waals surface area contributed by atoms with E-state index < -0.39 is 6.04 Å². The Bertz CT molecular complexity index is 908. The Morgan fingerprint density at radius 3 is 2.45 bits per heavy atom. The molecule has 0 aromatic heterocycles. The van der Waals surface area contributed by atoms with Crippen LogP contribution in [0.25, 0.3) is 0 Å². The van der Waals surface area contributed by atoms with Gasteiger partial charge >= 0.3 is 0 Å². The second kappa shape index (κ2) is 12.2. The lowest BCUT2D eigenvalue weighted by molar-refractivity contribution is -0.138. The van der Waals surface area contributed by atoms with Crippen molar-refractivity contribution in [2.24, 2.45) is 0 Å². The van der Waals surface area contributed by atoms with Crippen molar-refractivity contribution in [2.45, 2.75) is 45.2 Å². The van der Waals surface area contributed by atoms with Crippen LogP contribution in [0.2, 0.25) is 10.0 Å². The fourth-order valence-electron chi connectivity index (χ4n) is 2.92. The van der Waals surface area contributed by atoms with Gasteiger partial charge in [0.2, 0.25) is 11.8 Å².